The van der Waals surface area contributed by atoms with Crippen LogP contribution in [-0.4, -0.2) is 32.9 Å². The highest BCUT2D eigenvalue weighted by atomic mass is 16.7. The molecule has 4 nitrogen and oxygen atoms in total. The number of rotatable bonds is 21. The molecule has 0 rings (SSSR count). The first kappa shape index (κ1) is 25.4. The van der Waals surface area contributed by atoms with E-state index >= 15 is 0 Å². The van der Waals surface area contributed by atoms with Crippen molar-refractivity contribution in [2.45, 2.75) is 104 Å². The predicted molar refractivity (Wildman–Crippen MR) is 109 cm³/mol. The fourth-order valence-corrected chi connectivity index (χ4v) is 2.43. The monoisotopic (exact) mass is 372 g/mol. The zero-order chi connectivity index (χ0) is 19.1. The predicted octanol–water partition coefficient (Wildman–Crippen LogP) is 6.59. The molecule has 0 saturated heterocycles. The fraction of sp³-hybridized carbons (Fsp3) is 0.909. The van der Waals surface area contributed by atoms with E-state index in [9.17, 15) is 0 Å². The normalized spacial score (nSPS) is 11.7. The van der Waals surface area contributed by atoms with Crippen molar-refractivity contribution in [3.63, 3.8) is 0 Å². The van der Waals surface area contributed by atoms with Gasteiger partial charge in [0.1, 0.15) is 0 Å². The lowest BCUT2D eigenvalue weighted by atomic mass is 10.1. The summed E-state index contributed by atoms with van der Waals surface area (Å²) in [4.78, 5) is 0. The molecule has 0 aromatic carbocycles. The Kier molecular flexibility index (Phi) is 22.0. The second kappa shape index (κ2) is 22.5. The van der Waals surface area contributed by atoms with E-state index in [-0.39, 0.29) is 6.29 Å². The van der Waals surface area contributed by atoms with Gasteiger partial charge in [-0.2, -0.15) is 0 Å². The maximum Gasteiger partial charge on any atom is 0.188 e. The number of unbranched alkanes of at least 4 members (excludes halogenated alkanes) is 7. The highest BCUT2D eigenvalue weighted by Crippen LogP contribution is 2.08. The zero-order valence-corrected chi connectivity index (χ0v) is 17.7. The van der Waals surface area contributed by atoms with Gasteiger partial charge >= 0.3 is 0 Å². The minimum absolute atomic E-state index is 0.0956. The van der Waals surface area contributed by atoms with Crippen LogP contribution in [0.15, 0.2) is 12.3 Å². The molecule has 0 aromatic heterocycles. The summed E-state index contributed by atoms with van der Waals surface area (Å²) in [5, 5.41) is 0. The van der Waals surface area contributed by atoms with E-state index in [2.05, 4.69) is 20.8 Å². The first-order valence-electron chi connectivity index (χ1n) is 10.9. The maximum atomic E-state index is 5.81. The Morgan fingerprint density at radius 3 is 1.96 bits per heavy atom. The van der Waals surface area contributed by atoms with E-state index < -0.39 is 0 Å². The van der Waals surface area contributed by atoms with Crippen molar-refractivity contribution in [1.82, 2.24) is 0 Å². The third-order valence-corrected chi connectivity index (χ3v) is 4.16. The molecule has 0 heterocycles. The molecule has 0 saturated carbocycles. The standard InChI is InChI=1S/C22H44O4/c1-4-7-10-11-12-14-17-23-21-24-18-15-13-16-22(25-19-8-5-2)26-20-9-6-3/h15,18,22H,4-14,16-17,19-21H2,1-3H3. The van der Waals surface area contributed by atoms with E-state index in [0.717, 1.165) is 64.8 Å². The van der Waals surface area contributed by atoms with Crippen molar-refractivity contribution in [3.05, 3.63) is 12.3 Å². The molecule has 4 heteroatoms. The molecule has 0 N–H and O–H groups in total. The van der Waals surface area contributed by atoms with Crippen LogP contribution in [0.3, 0.4) is 0 Å². The van der Waals surface area contributed by atoms with Crippen LogP contribution in [0.5, 0.6) is 0 Å². The minimum Gasteiger partial charge on any atom is -0.475 e. The van der Waals surface area contributed by atoms with Crippen LogP contribution < -0.4 is 0 Å². The average molecular weight is 373 g/mol. The number of hydrogen-bond donors (Lipinski definition) is 0. The lowest BCUT2D eigenvalue weighted by Gasteiger charge is -2.17. The molecule has 0 spiro atoms. The lowest BCUT2D eigenvalue weighted by molar-refractivity contribution is -0.146. The summed E-state index contributed by atoms with van der Waals surface area (Å²) >= 11 is 0. The van der Waals surface area contributed by atoms with E-state index in [1.54, 1.807) is 6.26 Å². The second-order valence-corrected chi connectivity index (χ2v) is 6.79. The molecule has 156 valence electrons. The van der Waals surface area contributed by atoms with Gasteiger partial charge in [0.25, 0.3) is 0 Å². The van der Waals surface area contributed by atoms with Crippen molar-refractivity contribution < 1.29 is 18.9 Å². The summed E-state index contributed by atoms with van der Waals surface area (Å²) in [7, 11) is 0. The zero-order valence-electron chi connectivity index (χ0n) is 17.7. The van der Waals surface area contributed by atoms with Crippen molar-refractivity contribution in [2.24, 2.45) is 0 Å². The summed E-state index contributed by atoms with van der Waals surface area (Å²) < 4.78 is 22.5. The van der Waals surface area contributed by atoms with Crippen LogP contribution in [0, 0.1) is 0 Å². The van der Waals surface area contributed by atoms with E-state index in [1.165, 1.54) is 32.1 Å². The molecule has 0 aliphatic carbocycles. The summed E-state index contributed by atoms with van der Waals surface area (Å²) in [6.07, 6.45) is 17.6. The second-order valence-electron chi connectivity index (χ2n) is 6.79. The molecule has 0 aliphatic heterocycles. The van der Waals surface area contributed by atoms with Crippen molar-refractivity contribution >= 4 is 0 Å². The van der Waals surface area contributed by atoms with Gasteiger partial charge in [0, 0.05) is 19.6 Å². The number of allylic oxidation sites excluding steroid dienone is 1. The molecule has 0 radical (unpaired) electrons. The summed E-state index contributed by atoms with van der Waals surface area (Å²) in [5.74, 6) is 0. The topological polar surface area (TPSA) is 36.9 Å². The highest BCUT2D eigenvalue weighted by Gasteiger charge is 2.07. The Morgan fingerprint density at radius 2 is 1.31 bits per heavy atom. The molecule has 0 aromatic rings. The highest BCUT2D eigenvalue weighted by molar-refractivity contribution is 4.73. The fourth-order valence-electron chi connectivity index (χ4n) is 2.43. The first-order valence-corrected chi connectivity index (χ1v) is 10.9. The van der Waals surface area contributed by atoms with Gasteiger partial charge in [-0.25, -0.2) is 0 Å². The van der Waals surface area contributed by atoms with E-state index in [0.29, 0.717) is 6.79 Å². The van der Waals surface area contributed by atoms with Crippen molar-refractivity contribution in [2.75, 3.05) is 26.6 Å². The van der Waals surface area contributed by atoms with Gasteiger partial charge in [0.05, 0.1) is 12.9 Å². The molecule has 0 bridgehead atoms. The van der Waals surface area contributed by atoms with Gasteiger partial charge in [-0.15, -0.1) is 0 Å². The van der Waals surface area contributed by atoms with Crippen LogP contribution in [0.25, 0.3) is 0 Å². The minimum atomic E-state index is -0.0956. The summed E-state index contributed by atoms with van der Waals surface area (Å²) in [6.45, 7) is 9.27. The number of hydrogen-bond acceptors (Lipinski definition) is 4. The largest absolute Gasteiger partial charge is 0.475 e. The Bertz CT molecular complexity index is 271. The summed E-state index contributed by atoms with van der Waals surface area (Å²) in [5.41, 5.74) is 0. The third kappa shape index (κ3) is 19.7. The molecule has 0 fully saturated rings. The maximum absolute atomic E-state index is 5.81. The molecule has 0 unspecified atom stereocenters. The number of ether oxygens (including phenoxy) is 4. The lowest BCUT2D eigenvalue weighted by Crippen LogP contribution is -2.18. The Hall–Kier alpha value is -0.580. The van der Waals surface area contributed by atoms with Crippen molar-refractivity contribution in [1.29, 1.82) is 0 Å². The Labute approximate surface area is 162 Å². The quantitative estimate of drug-likeness (QED) is 0.129. The average Bonchev–Trinajstić information content (AvgIpc) is 2.65. The third-order valence-electron chi connectivity index (χ3n) is 4.16. The Morgan fingerprint density at radius 1 is 0.692 bits per heavy atom. The van der Waals surface area contributed by atoms with Gasteiger partial charge in [0.2, 0.25) is 0 Å². The van der Waals surface area contributed by atoms with Gasteiger partial charge in [-0.3, -0.25) is 0 Å². The molecule has 26 heavy (non-hydrogen) atoms. The van der Waals surface area contributed by atoms with Crippen LogP contribution in [0.4, 0.5) is 0 Å². The molecule has 0 atom stereocenters. The van der Waals surface area contributed by atoms with Crippen LogP contribution >= 0.6 is 0 Å². The van der Waals surface area contributed by atoms with Gasteiger partial charge in [-0.05, 0) is 31.8 Å². The van der Waals surface area contributed by atoms with E-state index in [1.807, 2.05) is 6.08 Å². The first-order chi connectivity index (χ1) is 12.8. The van der Waals surface area contributed by atoms with E-state index in [4.69, 9.17) is 18.9 Å². The Balaban J connectivity index is 3.54. The summed E-state index contributed by atoms with van der Waals surface area (Å²) in [6, 6.07) is 0. The van der Waals surface area contributed by atoms with Crippen molar-refractivity contribution in [3.8, 4) is 0 Å². The molecular weight excluding hydrogens is 328 g/mol. The van der Waals surface area contributed by atoms with Crippen LogP contribution in [0.2, 0.25) is 0 Å². The SMILES string of the molecule is CCCCCCCCOCOC=CCCC(OCCCC)OCCCC. The van der Waals surface area contributed by atoms with Gasteiger partial charge in [-0.1, -0.05) is 65.7 Å². The molecule has 0 aliphatic rings. The van der Waals surface area contributed by atoms with Gasteiger partial charge in [0.15, 0.2) is 13.1 Å². The molecule has 0 amide bonds. The smallest absolute Gasteiger partial charge is 0.188 e. The molecular formula is C22H44O4. The van der Waals surface area contributed by atoms with Crippen LogP contribution in [0.1, 0.15) is 97.8 Å². The van der Waals surface area contributed by atoms with Crippen LogP contribution in [-0.2, 0) is 18.9 Å². The van der Waals surface area contributed by atoms with Gasteiger partial charge < -0.3 is 18.9 Å².